The summed E-state index contributed by atoms with van der Waals surface area (Å²) in [6.07, 6.45) is 0. The Labute approximate surface area is 166 Å². The number of anilines is 1. The van der Waals surface area contributed by atoms with Crippen molar-refractivity contribution in [2.45, 2.75) is 19.0 Å². The molecule has 1 aromatic heterocycles. The zero-order chi connectivity index (χ0) is 20.3. The Morgan fingerprint density at radius 3 is 2.64 bits per heavy atom. The van der Waals surface area contributed by atoms with E-state index in [9.17, 15) is 14.9 Å². The Bertz CT molecular complexity index is 1050. The predicted molar refractivity (Wildman–Crippen MR) is 108 cm³/mol. The van der Waals surface area contributed by atoms with Crippen molar-refractivity contribution in [1.29, 1.82) is 0 Å². The molecule has 0 atom stereocenters. The van der Waals surface area contributed by atoms with E-state index >= 15 is 0 Å². The monoisotopic (exact) mass is 397 g/mol. The van der Waals surface area contributed by atoms with E-state index in [0.717, 1.165) is 16.7 Å². The lowest BCUT2D eigenvalue weighted by atomic mass is 10.1. The fourth-order valence-corrected chi connectivity index (χ4v) is 3.40. The van der Waals surface area contributed by atoms with Gasteiger partial charge in [-0.05, 0) is 31.5 Å². The van der Waals surface area contributed by atoms with Crippen molar-refractivity contribution in [1.82, 2.24) is 14.8 Å². The number of nitrogens with one attached hydrogen (secondary N) is 1. The topological polar surface area (TPSA) is 103 Å². The maximum absolute atomic E-state index is 12.3. The van der Waals surface area contributed by atoms with Gasteiger partial charge in [0.15, 0.2) is 11.0 Å². The number of nitro benzene ring substituents is 1. The third-order valence-electron chi connectivity index (χ3n) is 4.07. The molecule has 3 rings (SSSR count). The van der Waals surface area contributed by atoms with Crippen LogP contribution >= 0.6 is 11.8 Å². The summed E-state index contributed by atoms with van der Waals surface area (Å²) in [6, 6.07) is 12.6. The summed E-state index contributed by atoms with van der Waals surface area (Å²) in [5, 5.41) is 22.7. The van der Waals surface area contributed by atoms with Gasteiger partial charge >= 0.3 is 0 Å². The lowest BCUT2D eigenvalue weighted by Crippen LogP contribution is -2.15. The van der Waals surface area contributed by atoms with Gasteiger partial charge in [0.25, 0.3) is 5.69 Å². The van der Waals surface area contributed by atoms with Gasteiger partial charge in [-0.2, -0.15) is 0 Å². The van der Waals surface area contributed by atoms with Crippen LogP contribution < -0.4 is 5.32 Å². The number of hydrogen-bond donors (Lipinski definition) is 1. The maximum Gasteiger partial charge on any atom is 0.293 e. The number of amides is 1. The molecular formula is C19H19N5O3S. The minimum absolute atomic E-state index is 0.0603. The molecule has 0 aliphatic carbocycles. The number of aromatic nitrogens is 3. The largest absolute Gasteiger partial charge is 0.320 e. The zero-order valence-electron chi connectivity index (χ0n) is 15.7. The molecule has 0 bridgehead atoms. The van der Waals surface area contributed by atoms with Crippen molar-refractivity contribution in [3.8, 4) is 11.4 Å². The summed E-state index contributed by atoms with van der Waals surface area (Å²) in [7, 11) is 1.84. The summed E-state index contributed by atoms with van der Waals surface area (Å²) >= 11 is 1.22. The predicted octanol–water partition coefficient (Wildman–Crippen LogP) is 3.74. The first-order valence-corrected chi connectivity index (χ1v) is 9.48. The van der Waals surface area contributed by atoms with Crippen molar-refractivity contribution in [2.75, 3.05) is 11.1 Å². The average Bonchev–Trinajstić information content (AvgIpc) is 3.02. The van der Waals surface area contributed by atoms with E-state index in [0.29, 0.717) is 11.0 Å². The smallest absolute Gasteiger partial charge is 0.293 e. The third kappa shape index (κ3) is 4.37. The molecule has 8 nitrogen and oxygen atoms in total. The molecule has 144 valence electrons. The highest BCUT2D eigenvalue weighted by Gasteiger charge is 2.17. The molecular weight excluding hydrogens is 378 g/mol. The lowest BCUT2D eigenvalue weighted by molar-refractivity contribution is -0.384. The number of aryl methyl sites for hydroxylation is 2. The molecule has 0 fully saturated rings. The highest BCUT2D eigenvalue weighted by Crippen LogP contribution is 2.26. The van der Waals surface area contributed by atoms with E-state index in [1.54, 1.807) is 13.0 Å². The molecule has 0 unspecified atom stereocenters. The first kappa shape index (κ1) is 19.6. The molecule has 0 radical (unpaired) electrons. The van der Waals surface area contributed by atoms with Crippen molar-refractivity contribution in [2.24, 2.45) is 7.05 Å². The van der Waals surface area contributed by atoms with Crippen LogP contribution in [0.25, 0.3) is 11.4 Å². The van der Waals surface area contributed by atoms with E-state index in [2.05, 4.69) is 15.5 Å². The molecule has 0 spiro atoms. The van der Waals surface area contributed by atoms with Crippen LogP contribution in [0.4, 0.5) is 11.4 Å². The summed E-state index contributed by atoms with van der Waals surface area (Å²) in [6.45, 7) is 3.76. The van der Waals surface area contributed by atoms with Crippen LogP contribution in [0.5, 0.6) is 0 Å². The second-order valence-electron chi connectivity index (χ2n) is 6.35. The van der Waals surface area contributed by atoms with Crippen LogP contribution in [0.3, 0.4) is 0 Å². The second-order valence-corrected chi connectivity index (χ2v) is 7.29. The molecule has 0 saturated heterocycles. The van der Waals surface area contributed by atoms with Crippen LogP contribution in [0.1, 0.15) is 11.1 Å². The number of hydrogen-bond acceptors (Lipinski definition) is 6. The highest BCUT2D eigenvalue weighted by atomic mass is 32.2. The Hall–Kier alpha value is -3.20. The number of thioether (sulfide) groups is 1. The van der Waals surface area contributed by atoms with Gasteiger partial charge in [0, 0.05) is 18.7 Å². The Morgan fingerprint density at radius 1 is 1.18 bits per heavy atom. The van der Waals surface area contributed by atoms with Crippen molar-refractivity contribution < 1.29 is 9.72 Å². The molecule has 1 amide bonds. The minimum atomic E-state index is -0.507. The van der Waals surface area contributed by atoms with Gasteiger partial charge in [0.2, 0.25) is 5.91 Å². The number of nitrogens with zero attached hydrogens (tertiary/aromatic N) is 4. The summed E-state index contributed by atoms with van der Waals surface area (Å²) in [5.74, 6) is 0.419. The summed E-state index contributed by atoms with van der Waals surface area (Å²) in [4.78, 5) is 22.9. The first-order valence-electron chi connectivity index (χ1n) is 8.49. The number of carbonyl (C=O) groups is 1. The second kappa shape index (κ2) is 8.22. The van der Waals surface area contributed by atoms with Crippen LogP contribution in [0.2, 0.25) is 0 Å². The number of nitro groups is 1. The number of rotatable bonds is 6. The van der Waals surface area contributed by atoms with Crippen LogP contribution in [0, 0.1) is 24.0 Å². The van der Waals surface area contributed by atoms with Crippen LogP contribution in [0.15, 0.2) is 47.6 Å². The quantitative estimate of drug-likeness (QED) is 0.386. The van der Waals surface area contributed by atoms with Crippen molar-refractivity contribution in [3.63, 3.8) is 0 Å². The van der Waals surface area contributed by atoms with E-state index in [1.807, 2.05) is 42.8 Å². The number of carbonyl (C=O) groups excluding carboxylic acids is 1. The first-order chi connectivity index (χ1) is 13.3. The fraction of sp³-hybridized carbons (Fsp3) is 0.211. The molecule has 2 aromatic carbocycles. The zero-order valence-corrected chi connectivity index (χ0v) is 16.5. The van der Waals surface area contributed by atoms with Crippen molar-refractivity contribution in [3.05, 3.63) is 63.7 Å². The Balaban J connectivity index is 1.68. The molecule has 28 heavy (non-hydrogen) atoms. The van der Waals surface area contributed by atoms with E-state index in [4.69, 9.17) is 0 Å². The van der Waals surface area contributed by atoms with Gasteiger partial charge < -0.3 is 9.88 Å². The van der Waals surface area contributed by atoms with Gasteiger partial charge in [-0.3, -0.25) is 14.9 Å². The highest BCUT2D eigenvalue weighted by molar-refractivity contribution is 7.99. The molecule has 1 heterocycles. The van der Waals surface area contributed by atoms with Gasteiger partial charge in [-0.15, -0.1) is 10.2 Å². The Kier molecular flexibility index (Phi) is 5.74. The van der Waals surface area contributed by atoms with Gasteiger partial charge in [0.05, 0.1) is 10.7 Å². The SMILES string of the molecule is Cc1cccc(-c2nnc(SCC(=O)Nc3ccc(C)cc3[N+](=O)[O-])n2C)c1. The maximum atomic E-state index is 12.3. The fourth-order valence-electron chi connectivity index (χ4n) is 2.69. The minimum Gasteiger partial charge on any atom is -0.320 e. The lowest BCUT2D eigenvalue weighted by Gasteiger charge is -2.07. The molecule has 9 heteroatoms. The average molecular weight is 397 g/mol. The molecule has 0 aliphatic rings. The number of benzene rings is 2. The third-order valence-corrected chi connectivity index (χ3v) is 5.09. The van der Waals surface area contributed by atoms with Gasteiger partial charge in [-0.1, -0.05) is 41.6 Å². The van der Waals surface area contributed by atoms with Gasteiger partial charge in [-0.25, -0.2) is 0 Å². The van der Waals surface area contributed by atoms with E-state index in [1.165, 1.54) is 23.9 Å². The molecule has 0 saturated carbocycles. The normalized spacial score (nSPS) is 10.7. The Morgan fingerprint density at radius 2 is 1.93 bits per heavy atom. The van der Waals surface area contributed by atoms with Crippen LogP contribution in [-0.4, -0.2) is 31.3 Å². The molecule has 1 N–H and O–H groups in total. The standard InChI is InChI=1S/C19H19N5O3S/c1-12-5-4-6-14(9-12)18-21-22-19(23(18)3)28-11-17(25)20-15-8-7-13(2)10-16(15)24(26)27/h4-10H,11H2,1-3H3,(H,20,25). The van der Waals surface area contributed by atoms with Crippen molar-refractivity contribution >= 4 is 29.0 Å². The summed E-state index contributed by atoms with van der Waals surface area (Å²) < 4.78 is 1.82. The van der Waals surface area contributed by atoms with E-state index in [-0.39, 0.29) is 23.0 Å². The summed E-state index contributed by atoms with van der Waals surface area (Å²) in [5.41, 5.74) is 2.87. The van der Waals surface area contributed by atoms with Crippen LogP contribution in [-0.2, 0) is 11.8 Å². The molecule has 0 aliphatic heterocycles. The van der Waals surface area contributed by atoms with Gasteiger partial charge in [0.1, 0.15) is 5.69 Å². The van der Waals surface area contributed by atoms with E-state index < -0.39 is 4.92 Å². The molecule has 3 aromatic rings.